The van der Waals surface area contributed by atoms with Crippen molar-refractivity contribution in [2.75, 3.05) is 19.0 Å². The van der Waals surface area contributed by atoms with E-state index in [1.165, 1.54) is 0 Å². The molecule has 28 heavy (non-hydrogen) atoms. The summed E-state index contributed by atoms with van der Waals surface area (Å²) in [5, 5.41) is 1.02. The molecule has 0 aromatic heterocycles. The summed E-state index contributed by atoms with van der Waals surface area (Å²) in [4.78, 5) is 15.9. The maximum absolute atomic E-state index is 12.8. The van der Waals surface area contributed by atoms with Crippen molar-refractivity contribution in [1.29, 1.82) is 0 Å². The van der Waals surface area contributed by atoms with E-state index in [4.69, 9.17) is 23.2 Å². The third-order valence-electron chi connectivity index (χ3n) is 4.42. The van der Waals surface area contributed by atoms with E-state index in [1.807, 2.05) is 56.6 Å². The van der Waals surface area contributed by atoms with Gasteiger partial charge in [0.25, 0.3) is 0 Å². The van der Waals surface area contributed by atoms with E-state index in [9.17, 15) is 4.79 Å². The van der Waals surface area contributed by atoms with Gasteiger partial charge in [-0.25, -0.2) is 0 Å². The normalized spacial score (nSPS) is 11.9. The number of ketones is 1. The zero-order valence-electron chi connectivity index (χ0n) is 15.7. The van der Waals surface area contributed by atoms with E-state index >= 15 is 0 Å². The van der Waals surface area contributed by atoms with Crippen molar-refractivity contribution in [1.82, 2.24) is 0 Å². The Hall–Kier alpha value is -1.94. The summed E-state index contributed by atoms with van der Waals surface area (Å²) in [5.74, 6) is 0.120. The SMILES string of the molecule is CN(C)c1ccc([C@H](CC(=O)c2ccccc2)Sc2ccc(Cl)c(Cl)c2)cc1. The molecule has 0 aliphatic heterocycles. The van der Waals surface area contributed by atoms with Crippen molar-refractivity contribution >= 4 is 46.4 Å². The van der Waals surface area contributed by atoms with Crippen LogP contribution >= 0.6 is 35.0 Å². The second-order valence-corrected chi connectivity index (χ2v) is 8.75. The Morgan fingerprint density at radius 1 is 0.929 bits per heavy atom. The summed E-state index contributed by atoms with van der Waals surface area (Å²) >= 11 is 13.9. The number of anilines is 1. The number of Topliss-reactive ketones (excluding diaryl/α,β-unsaturated/α-hetero) is 1. The lowest BCUT2D eigenvalue weighted by Crippen LogP contribution is -2.09. The molecule has 0 saturated carbocycles. The van der Waals surface area contributed by atoms with Crippen LogP contribution in [-0.4, -0.2) is 19.9 Å². The van der Waals surface area contributed by atoms with E-state index in [1.54, 1.807) is 17.8 Å². The van der Waals surface area contributed by atoms with Gasteiger partial charge in [-0.15, -0.1) is 11.8 Å². The highest BCUT2D eigenvalue weighted by atomic mass is 35.5. The van der Waals surface area contributed by atoms with Crippen molar-refractivity contribution < 1.29 is 4.79 Å². The van der Waals surface area contributed by atoms with Crippen molar-refractivity contribution in [2.24, 2.45) is 0 Å². The van der Waals surface area contributed by atoms with Gasteiger partial charge in [0, 0.05) is 41.9 Å². The lowest BCUT2D eigenvalue weighted by molar-refractivity contribution is 0.0982. The van der Waals surface area contributed by atoms with Gasteiger partial charge in [0.15, 0.2) is 5.78 Å². The molecule has 0 bridgehead atoms. The van der Waals surface area contributed by atoms with Crippen LogP contribution < -0.4 is 4.90 Å². The summed E-state index contributed by atoms with van der Waals surface area (Å²) in [6.45, 7) is 0. The quantitative estimate of drug-likeness (QED) is 0.293. The average molecular weight is 430 g/mol. The first-order valence-corrected chi connectivity index (χ1v) is 10.5. The summed E-state index contributed by atoms with van der Waals surface area (Å²) in [6.07, 6.45) is 0.399. The third-order valence-corrected chi connectivity index (χ3v) is 6.41. The average Bonchev–Trinajstić information content (AvgIpc) is 2.71. The number of thioether (sulfide) groups is 1. The Kier molecular flexibility index (Phi) is 7.06. The van der Waals surface area contributed by atoms with Crippen LogP contribution in [0.15, 0.2) is 77.7 Å². The second-order valence-electron chi connectivity index (χ2n) is 6.66. The number of benzene rings is 3. The Morgan fingerprint density at radius 3 is 2.21 bits per heavy atom. The number of nitrogens with zero attached hydrogens (tertiary/aromatic N) is 1. The molecule has 0 N–H and O–H groups in total. The van der Waals surface area contributed by atoms with Crippen LogP contribution in [0.2, 0.25) is 10.0 Å². The van der Waals surface area contributed by atoms with Gasteiger partial charge in [-0.1, -0.05) is 65.7 Å². The highest BCUT2D eigenvalue weighted by Crippen LogP contribution is 2.40. The molecule has 0 aliphatic carbocycles. The van der Waals surface area contributed by atoms with Gasteiger partial charge in [0.2, 0.25) is 0 Å². The number of carbonyl (C=O) groups excluding carboxylic acids is 1. The van der Waals surface area contributed by atoms with Gasteiger partial charge >= 0.3 is 0 Å². The van der Waals surface area contributed by atoms with Crippen molar-refractivity contribution in [3.05, 3.63) is 94.0 Å². The minimum Gasteiger partial charge on any atom is -0.378 e. The van der Waals surface area contributed by atoms with Crippen LogP contribution in [0.4, 0.5) is 5.69 Å². The first-order valence-electron chi connectivity index (χ1n) is 8.91. The van der Waals surface area contributed by atoms with Crippen LogP contribution in [0, 0.1) is 0 Å². The van der Waals surface area contributed by atoms with Crippen LogP contribution in [0.5, 0.6) is 0 Å². The van der Waals surface area contributed by atoms with Crippen molar-refractivity contribution in [3.8, 4) is 0 Å². The molecule has 3 aromatic rings. The van der Waals surface area contributed by atoms with E-state index in [0.717, 1.165) is 21.7 Å². The highest BCUT2D eigenvalue weighted by Gasteiger charge is 2.19. The molecule has 1 atom stereocenters. The lowest BCUT2D eigenvalue weighted by atomic mass is 10.0. The standard InChI is InChI=1S/C23H21Cl2NOS/c1-26(2)18-10-8-17(9-11-18)23(15-22(27)16-6-4-3-5-7-16)28-19-12-13-20(24)21(25)14-19/h3-14,23H,15H2,1-2H3/t23-/m0/s1. The molecule has 0 amide bonds. The predicted octanol–water partition coefficient (Wildman–Crippen LogP) is 7.17. The molecule has 0 fully saturated rings. The van der Waals surface area contributed by atoms with Crippen LogP contribution in [0.1, 0.15) is 27.6 Å². The van der Waals surface area contributed by atoms with Gasteiger partial charge in [0.1, 0.15) is 0 Å². The number of hydrogen-bond acceptors (Lipinski definition) is 3. The Bertz CT molecular complexity index is 943. The first-order chi connectivity index (χ1) is 13.4. The Balaban J connectivity index is 1.88. The van der Waals surface area contributed by atoms with Gasteiger partial charge in [-0.05, 0) is 35.9 Å². The number of carbonyl (C=O) groups is 1. The van der Waals surface area contributed by atoms with E-state index in [0.29, 0.717) is 16.5 Å². The zero-order chi connectivity index (χ0) is 20.1. The second kappa shape index (κ2) is 9.51. The summed E-state index contributed by atoms with van der Waals surface area (Å²) in [7, 11) is 4.02. The van der Waals surface area contributed by atoms with Gasteiger partial charge in [0.05, 0.1) is 10.0 Å². The fraction of sp³-hybridized carbons (Fsp3) is 0.174. The first kappa shape index (κ1) is 20.8. The third kappa shape index (κ3) is 5.32. The minimum absolute atomic E-state index is 0.0267. The van der Waals surface area contributed by atoms with E-state index in [2.05, 4.69) is 29.2 Å². The molecule has 144 valence electrons. The minimum atomic E-state index is -0.0267. The molecule has 0 aliphatic rings. The maximum Gasteiger partial charge on any atom is 0.164 e. The molecule has 0 saturated heterocycles. The summed E-state index contributed by atoms with van der Waals surface area (Å²) in [6, 6.07) is 23.3. The van der Waals surface area contributed by atoms with Crippen LogP contribution in [0.25, 0.3) is 0 Å². The van der Waals surface area contributed by atoms with E-state index < -0.39 is 0 Å². The van der Waals surface area contributed by atoms with Gasteiger partial charge < -0.3 is 4.90 Å². The Morgan fingerprint density at radius 2 is 1.61 bits per heavy atom. The molecule has 0 unspecified atom stereocenters. The summed E-state index contributed by atoms with van der Waals surface area (Å²) in [5.41, 5.74) is 2.95. The maximum atomic E-state index is 12.8. The van der Waals surface area contributed by atoms with Gasteiger partial charge in [-0.3, -0.25) is 4.79 Å². The summed E-state index contributed by atoms with van der Waals surface area (Å²) < 4.78 is 0. The zero-order valence-corrected chi connectivity index (χ0v) is 18.1. The van der Waals surface area contributed by atoms with Gasteiger partial charge in [-0.2, -0.15) is 0 Å². The molecule has 0 radical (unpaired) electrons. The van der Waals surface area contributed by atoms with Crippen molar-refractivity contribution in [3.63, 3.8) is 0 Å². The van der Waals surface area contributed by atoms with Crippen LogP contribution in [-0.2, 0) is 0 Å². The molecular weight excluding hydrogens is 409 g/mol. The van der Waals surface area contributed by atoms with Crippen molar-refractivity contribution in [2.45, 2.75) is 16.6 Å². The molecule has 0 heterocycles. The van der Waals surface area contributed by atoms with Crippen LogP contribution in [0.3, 0.4) is 0 Å². The fourth-order valence-corrected chi connectivity index (χ4v) is 4.39. The van der Waals surface area contributed by atoms with E-state index in [-0.39, 0.29) is 11.0 Å². The number of halogens is 2. The monoisotopic (exact) mass is 429 g/mol. The highest BCUT2D eigenvalue weighted by molar-refractivity contribution is 7.99. The largest absolute Gasteiger partial charge is 0.378 e. The number of rotatable bonds is 7. The fourth-order valence-electron chi connectivity index (χ4n) is 2.84. The predicted molar refractivity (Wildman–Crippen MR) is 121 cm³/mol. The number of hydrogen-bond donors (Lipinski definition) is 0. The topological polar surface area (TPSA) is 20.3 Å². The smallest absolute Gasteiger partial charge is 0.164 e. The molecule has 5 heteroatoms. The molecule has 2 nitrogen and oxygen atoms in total. The lowest BCUT2D eigenvalue weighted by Gasteiger charge is -2.19. The molecule has 3 rings (SSSR count). The Labute approximate surface area is 180 Å². The molecular formula is C23H21Cl2NOS. The molecule has 0 spiro atoms. The molecule has 3 aromatic carbocycles.